The molecule has 1 amide bonds. The van der Waals surface area contributed by atoms with Crippen LogP contribution in [0.15, 0.2) is 48.8 Å². The van der Waals surface area contributed by atoms with Gasteiger partial charge in [-0.2, -0.15) is 0 Å². The number of rotatable bonds is 7. The number of aromatic nitrogens is 2. The number of ether oxygens (including phenoxy) is 1. The number of anilines is 1. The van der Waals surface area contributed by atoms with Gasteiger partial charge < -0.3 is 31.3 Å². The number of carbonyl (C=O) groups excluding carboxylic acids is 2. The molecule has 1 aromatic heterocycles. The maximum absolute atomic E-state index is 13.6. The number of hydrogen-bond acceptors (Lipinski definition) is 6. The average Bonchev–Trinajstić information content (AvgIpc) is 3.40. The molecule has 35 heavy (non-hydrogen) atoms. The molecule has 1 unspecified atom stereocenters. The van der Waals surface area contributed by atoms with Crippen molar-refractivity contribution in [2.45, 2.75) is 50.2 Å². The Morgan fingerprint density at radius 3 is 2.34 bits per heavy atom. The van der Waals surface area contributed by atoms with Gasteiger partial charge in [-0.25, -0.2) is 14.8 Å². The number of halogens is 1. The molecule has 0 spiro atoms. The van der Waals surface area contributed by atoms with Gasteiger partial charge in [0.1, 0.15) is 6.54 Å². The van der Waals surface area contributed by atoms with E-state index in [4.69, 9.17) is 4.74 Å². The number of esters is 1. The lowest BCUT2D eigenvalue weighted by Crippen LogP contribution is -3.00. The molecule has 4 aliphatic rings. The first-order chi connectivity index (χ1) is 16.5. The predicted molar refractivity (Wildman–Crippen MR) is 125 cm³/mol. The number of carbonyl (C=O) groups is 2. The molecule has 2 N–H and O–H groups in total. The van der Waals surface area contributed by atoms with E-state index in [1.165, 1.54) is 0 Å². The van der Waals surface area contributed by atoms with Crippen molar-refractivity contribution in [2.75, 3.05) is 31.5 Å². The number of aliphatic hydroxyl groups is 1. The number of fused-ring (bicyclic) bond motifs is 3. The molecule has 4 heterocycles. The molecule has 4 fully saturated rings. The van der Waals surface area contributed by atoms with Crippen molar-refractivity contribution in [3.63, 3.8) is 0 Å². The first-order valence-corrected chi connectivity index (χ1v) is 12.4. The van der Waals surface area contributed by atoms with Crippen LogP contribution in [-0.4, -0.2) is 63.7 Å². The van der Waals surface area contributed by atoms with Crippen molar-refractivity contribution in [3.05, 3.63) is 54.4 Å². The van der Waals surface area contributed by atoms with Gasteiger partial charge in [0.25, 0.3) is 5.91 Å². The van der Waals surface area contributed by atoms with E-state index in [1.54, 1.807) is 18.5 Å². The molecule has 3 saturated heterocycles. The van der Waals surface area contributed by atoms with E-state index < -0.39 is 11.6 Å². The quantitative estimate of drug-likeness (QED) is 0.365. The normalized spacial score (nSPS) is 27.5. The highest BCUT2D eigenvalue weighted by atomic mass is 79.9. The molecule has 3 aliphatic heterocycles. The number of nitrogens with zero attached hydrogens (tertiary/aromatic N) is 3. The Labute approximate surface area is 216 Å². The van der Waals surface area contributed by atoms with Crippen molar-refractivity contribution in [2.24, 2.45) is 11.8 Å². The van der Waals surface area contributed by atoms with Gasteiger partial charge in [-0.1, -0.05) is 43.2 Å². The molecule has 188 valence electrons. The summed E-state index contributed by atoms with van der Waals surface area (Å²) in [4.78, 5) is 34.5. The molecule has 8 nitrogen and oxygen atoms in total. The zero-order valence-electron chi connectivity index (χ0n) is 19.8. The summed E-state index contributed by atoms with van der Waals surface area (Å²) in [7, 11) is 0. The molecule has 2 aromatic rings. The summed E-state index contributed by atoms with van der Waals surface area (Å²) in [6.07, 6.45) is 8.35. The number of nitrogens with one attached hydrogen (secondary N) is 1. The summed E-state index contributed by atoms with van der Waals surface area (Å²) in [5.74, 6) is -0.241. The molecular weight excluding hydrogens is 512 g/mol. The third-order valence-corrected chi connectivity index (χ3v) is 8.07. The van der Waals surface area contributed by atoms with Crippen molar-refractivity contribution < 1.29 is 40.9 Å². The highest BCUT2D eigenvalue weighted by Gasteiger charge is 2.53. The summed E-state index contributed by atoms with van der Waals surface area (Å²) in [5.41, 5.74) is -1.02. The lowest BCUT2D eigenvalue weighted by Gasteiger charge is -2.51. The van der Waals surface area contributed by atoms with E-state index in [1.807, 2.05) is 30.3 Å². The van der Waals surface area contributed by atoms with Gasteiger partial charge in [-0.3, -0.25) is 10.1 Å². The summed E-state index contributed by atoms with van der Waals surface area (Å²) in [6.45, 7) is 2.65. The second-order valence-corrected chi connectivity index (χ2v) is 10.1. The molecule has 1 aromatic carbocycles. The zero-order valence-corrected chi connectivity index (χ0v) is 21.4. The SMILES string of the molecule is O=C(C[N+]12CCC(CC1)C(OC(=O)[C@](O)(c1ccccc1)C1CCCC1)C2)Nc1ncccn1.[Br-]. The summed E-state index contributed by atoms with van der Waals surface area (Å²) < 4.78 is 6.70. The standard InChI is InChI=1S/C26H32N4O4.BrH/c31-23(29-25-27-13-6-14-28-25)18-30-15-11-19(12-16-30)22(17-30)34-24(32)26(33,21-9-4-5-10-21)20-7-2-1-3-8-20;/h1-3,6-8,13-14,19,21-22,33H,4-5,9-12,15-18H2;1H/t19?,22?,26-,30?;/m0./s1. The molecule has 9 heteroatoms. The van der Waals surface area contributed by atoms with Crippen LogP contribution in [0, 0.1) is 11.8 Å². The van der Waals surface area contributed by atoms with Gasteiger partial charge in [0.05, 0.1) is 13.1 Å². The highest BCUT2D eigenvalue weighted by Crippen LogP contribution is 2.43. The molecule has 0 radical (unpaired) electrons. The van der Waals surface area contributed by atoms with Crippen LogP contribution >= 0.6 is 0 Å². The minimum Gasteiger partial charge on any atom is -1.00 e. The Morgan fingerprint density at radius 2 is 1.69 bits per heavy atom. The third-order valence-electron chi connectivity index (χ3n) is 8.07. The van der Waals surface area contributed by atoms with Crippen molar-refractivity contribution in [1.82, 2.24) is 9.97 Å². The van der Waals surface area contributed by atoms with E-state index in [9.17, 15) is 14.7 Å². The number of hydrogen-bond donors (Lipinski definition) is 2. The fourth-order valence-electron chi connectivity index (χ4n) is 6.19. The van der Waals surface area contributed by atoms with Crippen molar-refractivity contribution in [1.29, 1.82) is 0 Å². The van der Waals surface area contributed by atoms with Crippen LogP contribution in [0.5, 0.6) is 0 Å². The zero-order chi connectivity index (χ0) is 23.6. The first-order valence-electron chi connectivity index (χ1n) is 12.4. The number of quaternary nitrogens is 1. The number of amides is 1. The first kappa shape index (κ1) is 25.7. The van der Waals surface area contributed by atoms with E-state index in [2.05, 4.69) is 15.3 Å². The molecular formula is C26H33BrN4O4. The van der Waals surface area contributed by atoms with Gasteiger partial charge in [-0.05, 0) is 24.5 Å². The minimum absolute atomic E-state index is 0. The molecule has 2 bridgehead atoms. The molecule has 1 saturated carbocycles. The summed E-state index contributed by atoms with van der Waals surface area (Å²) >= 11 is 0. The minimum atomic E-state index is -1.63. The van der Waals surface area contributed by atoms with Gasteiger partial charge in [0, 0.05) is 37.1 Å². The maximum atomic E-state index is 13.6. The van der Waals surface area contributed by atoms with Crippen LogP contribution < -0.4 is 22.3 Å². The Morgan fingerprint density at radius 1 is 1.03 bits per heavy atom. The van der Waals surface area contributed by atoms with Gasteiger partial charge in [0.15, 0.2) is 18.2 Å². The second kappa shape index (κ2) is 10.7. The highest BCUT2D eigenvalue weighted by molar-refractivity contribution is 5.89. The lowest BCUT2D eigenvalue weighted by molar-refractivity contribution is -0.939. The van der Waals surface area contributed by atoms with Crippen molar-refractivity contribution in [3.8, 4) is 0 Å². The average molecular weight is 545 g/mol. The Bertz CT molecular complexity index is 1010. The van der Waals surface area contributed by atoms with Crippen LogP contribution in [0.2, 0.25) is 0 Å². The van der Waals surface area contributed by atoms with Gasteiger partial charge in [0.2, 0.25) is 5.95 Å². The molecule has 2 atom stereocenters. The smallest absolute Gasteiger partial charge is 0.343 e. The van der Waals surface area contributed by atoms with Gasteiger partial charge in [-0.15, -0.1) is 0 Å². The van der Waals surface area contributed by atoms with Crippen LogP contribution in [0.1, 0.15) is 44.1 Å². The molecule has 1 aliphatic carbocycles. The largest absolute Gasteiger partial charge is 1.00 e. The fraction of sp³-hybridized carbons (Fsp3) is 0.538. The Balaban J connectivity index is 0.00000289. The van der Waals surface area contributed by atoms with Crippen LogP contribution in [0.3, 0.4) is 0 Å². The third kappa shape index (κ3) is 5.27. The summed E-state index contributed by atoms with van der Waals surface area (Å²) in [5, 5.41) is 14.5. The summed E-state index contributed by atoms with van der Waals surface area (Å²) in [6, 6.07) is 10.9. The monoisotopic (exact) mass is 544 g/mol. The van der Waals surface area contributed by atoms with E-state index in [-0.39, 0.29) is 40.8 Å². The Kier molecular flexibility index (Phi) is 7.88. The van der Waals surface area contributed by atoms with Crippen LogP contribution in [-0.2, 0) is 19.9 Å². The molecule has 6 rings (SSSR count). The van der Waals surface area contributed by atoms with Crippen molar-refractivity contribution >= 4 is 17.8 Å². The van der Waals surface area contributed by atoms with Crippen LogP contribution in [0.25, 0.3) is 0 Å². The van der Waals surface area contributed by atoms with E-state index >= 15 is 0 Å². The van der Waals surface area contributed by atoms with Gasteiger partial charge >= 0.3 is 5.97 Å². The lowest BCUT2D eigenvalue weighted by atomic mass is 9.79. The number of benzene rings is 1. The van der Waals surface area contributed by atoms with Crippen LogP contribution in [0.4, 0.5) is 5.95 Å². The second-order valence-electron chi connectivity index (χ2n) is 10.1. The maximum Gasteiger partial charge on any atom is 0.343 e. The van der Waals surface area contributed by atoms with E-state index in [0.717, 1.165) is 51.6 Å². The Hall–Kier alpha value is -2.36. The predicted octanol–water partition coefficient (Wildman–Crippen LogP) is -0.351. The fourth-order valence-corrected chi connectivity index (χ4v) is 6.19. The number of piperidine rings is 3. The van der Waals surface area contributed by atoms with E-state index in [0.29, 0.717) is 29.1 Å². The topological polar surface area (TPSA) is 101 Å².